The van der Waals surface area contributed by atoms with Crippen LogP contribution in [-0.2, 0) is 17.9 Å². The molecule has 0 saturated heterocycles. The van der Waals surface area contributed by atoms with Crippen LogP contribution in [0.2, 0.25) is 0 Å². The SMILES string of the molecule is Cc1noc(C)c1C(C)C(=O)N1CCn2c(nnc2C(C)C)C1. The van der Waals surface area contributed by atoms with Gasteiger partial charge in [-0.25, -0.2) is 0 Å². The van der Waals surface area contributed by atoms with E-state index in [1.54, 1.807) is 0 Å². The summed E-state index contributed by atoms with van der Waals surface area (Å²) >= 11 is 0. The first-order valence-electron chi connectivity index (χ1n) is 8.03. The summed E-state index contributed by atoms with van der Waals surface area (Å²) < 4.78 is 7.33. The molecule has 2 aromatic heterocycles. The highest BCUT2D eigenvalue weighted by Gasteiger charge is 2.31. The van der Waals surface area contributed by atoms with E-state index in [-0.39, 0.29) is 11.8 Å². The Morgan fingerprint density at radius 3 is 2.52 bits per heavy atom. The van der Waals surface area contributed by atoms with Crippen molar-refractivity contribution in [3.05, 3.63) is 28.7 Å². The molecular weight excluding hydrogens is 294 g/mol. The van der Waals surface area contributed by atoms with Crippen molar-refractivity contribution in [3.63, 3.8) is 0 Å². The van der Waals surface area contributed by atoms with Crippen LogP contribution in [0, 0.1) is 13.8 Å². The van der Waals surface area contributed by atoms with Gasteiger partial charge in [-0.1, -0.05) is 19.0 Å². The maximum absolute atomic E-state index is 12.9. The van der Waals surface area contributed by atoms with Gasteiger partial charge < -0.3 is 14.0 Å². The molecule has 0 aliphatic carbocycles. The summed E-state index contributed by atoms with van der Waals surface area (Å²) in [7, 11) is 0. The lowest BCUT2D eigenvalue weighted by atomic mass is 9.98. The van der Waals surface area contributed by atoms with E-state index < -0.39 is 0 Å². The number of aromatic nitrogens is 4. The van der Waals surface area contributed by atoms with E-state index in [9.17, 15) is 4.79 Å². The summed E-state index contributed by atoms with van der Waals surface area (Å²) in [5.74, 6) is 2.72. The molecule has 2 aromatic rings. The van der Waals surface area contributed by atoms with Crippen molar-refractivity contribution in [1.29, 1.82) is 0 Å². The maximum atomic E-state index is 12.9. The van der Waals surface area contributed by atoms with Crippen LogP contribution >= 0.6 is 0 Å². The monoisotopic (exact) mass is 317 g/mol. The fraction of sp³-hybridized carbons (Fsp3) is 0.625. The van der Waals surface area contributed by atoms with Crippen LogP contribution in [0.1, 0.15) is 61.3 Å². The van der Waals surface area contributed by atoms with E-state index >= 15 is 0 Å². The van der Waals surface area contributed by atoms with E-state index in [1.807, 2.05) is 25.7 Å². The van der Waals surface area contributed by atoms with Gasteiger partial charge >= 0.3 is 0 Å². The van der Waals surface area contributed by atoms with E-state index in [0.29, 0.717) is 24.8 Å². The lowest BCUT2D eigenvalue weighted by molar-refractivity contribution is -0.134. The van der Waals surface area contributed by atoms with E-state index in [0.717, 1.165) is 29.5 Å². The fourth-order valence-electron chi connectivity index (χ4n) is 3.30. The van der Waals surface area contributed by atoms with Gasteiger partial charge in [-0.15, -0.1) is 10.2 Å². The number of hydrogen-bond acceptors (Lipinski definition) is 5. The quantitative estimate of drug-likeness (QED) is 0.867. The first-order chi connectivity index (χ1) is 10.9. The molecule has 0 saturated carbocycles. The third-order valence-corrected chi connectivity index (χ3v) is 4.50. The number of carbonyl (C=O) groups excluding carboxylic acids is 1. The van der Waals surface area contributed by atoms with Crippen LogP contribution in [0.15, 0.2) is 4.52 Å². The van der Waals surface area contributed by atoms with Gasteiger partial charge in [0.2, 0.25) is 5.91 Å². The number of hydrogen-bond donors (Lipinski definition) is 0. The molecule has 7 nitrogen and oxygen atoms in total. The molecule has 3 rings (SSSR count). The normalized spacial score (nSPS) is 15.8. The molecule has 0 spiro atoms. The zero-order valence-corrected chi connectivity index (χ0v) is 14.3. The molecule has 1 atom stereocenters. The van der Waals surface area contributed by atoms with Crippen molar-refractivity contribution in [3.8, 4) is 0 Å². The third-order valence-electron chi connectivity index (χ3n) is 4.50. The van der Waals surface area contributed by atoms with Crippen molar-refractivity contribution >= 4 is 5.91 Å². The van der Waals surface area contributed by atoms with Gasteiger partial charge in [0.05, 0.1) is 18.2 Å². The second-order valence-corrected chi connectivity index (χ2v) is 6.50. The summed E-state index contributed by atoms with van der Waals surface area (Å²) in [4.78, 5) is 14.7. The molecule has 1 unspecified atom stereocenters. The van der Waals surface area contributed by atoms with Crippen LogP contribution in [0.5, 0.6) is 0 Å². The minimum Gasteiger partial charge on any atom is -0.361 e. The summed E-state index contributed by atoms with van der Waals surface area (Å²) in [5.41, 5.74) is 1.68. The zero-order chi connectivity index (χ0) is 16.7. The highest BCUT2D eigenvalue weighted by Crippen LogP contribution is 2.27. The maximum Gasteiger partial charge on any atom is 0.230 e. The average molecular weight is 317 g/mol. The molecule has 1 aliphatic rings. The molecule has 1 amide bonds. The molecule has 23 heavy (non-hydrogen) atoms. The molecule has 124 valence electrons. The Labute approximate surface area is 135 Å². The van der Waals surface area contributed by atoms with Crippen molar-refractivity contribution in [2.75, 3.05) is 6.54 Å². The molecule has 0 radical (unpaired) electrons. The minimum atomic E-state index is -0.264. The Bertz CT molecular complexity index is 711. The molecule has 0 N–H and O–H groups in total. The molecule has 1 aliphatic heterocycles. The molecular formula is C16H23N5O2. The summed E-state index contributed by atoms with van der Waals surface area (Å²) in [6.45, 7) is 11.8. The van der Waals surface area contributed by atoms with Crippen molar-refractivity contribution in [2.45, 2.75) is 59.5 Å². The summed E-state index contributed by atoms with van der Waals surface area (Å²) in [6, 6.07) is 0. The highest BCUT2D eigenvalue weighted by atomic mass is 16.5. The largest absolute Gasteiger partial charge is 0.361 e. The third kappa shape index (κ3) is 2.64. The van der Waals surface area contributed by atoms with E-state index in [2.05, 4.69) is 33.8 Å². The van der Waals surface area contributed by atoms with Crippen LogP contribution in [0.4, 0.5) is 0 Å². The highest BCUT2D eigenvalue weighted by molar-refractivity contribution is 5.83. The van der Waals surface area contributed by atoms with E-state index in [4.69, 9.17) is 4.52 Å². The number of carbonyl (C=O) groups is 1. The number of fused-ring (bicyclic) bond motifs is 1. The van der Waals surface area contributed by atoms with Gasteiger partial charge in [0, 0.05) is 24.6 Å². The Morgan fingerprint density at radius 2 is 1.91 bits per heavy atom. The van der Waals surface area contributed by atoms with Crippen LogP contribution in [0.3, 0.4) is 0 Å². The number of amides is 1. The Hall–Kier alpha value is -2.18. The van der Waals surface area contributed by atoms with Gasteiger partial charge in [0.15, 0.2) is 5.82 Å². The van der Waals surface area contributed by atoms with Crippen LogP contribution in [0.25, 0.3) is 0 Å². The number of nitrogens with zero attached hydrogens (tertiary/aromatic N) is 5. The van der Waals surface area contributed by atoms with Gasteiger partial charge in [-0.3, -0.25) is 4.79 Å². The Balaban J connectivity index is 1.79. The van der Waals surface area contributed by atoms with Gasteiger partial charge in [0.25, 0.3) is 0 Å². The molecule has 3 heterocycles. The second kappa shape index (κ2) is 5.79. The summed E-state index contributed by atoms with van der Waals surface area (Å²) in [5, 5.41) is 12.5. The van der Waals surface area contributed by atoms with Crippen molar-refractivity contribution in [2.24, 2.45) is 0 Å². The van der Waals surface area contributed by atoms with Gasteiger partial charge in [0.1, 0.15) is 11.6 Å². The van der Waals surface area contributed by atoms with Crippen LogP contribution < -0.4 is 0 Å². The molecule has 0 bridgehead atoms. The first kappa shape index (κ1) is 15.7. The van der Waals surface area contributed by atoms with E-state index in [1.165, 1.54) is 0 Å². The first-order valence-corrected chi connectivity index (χ1v) is 8.03. The zero-order valence-electron chi connectivity index (χ0n) is 14.3. The average Bonchev–Trinajstić information content (AvgIpc) is 3.08. The molecule has 0 aromatic carbocycles. The Morgan fingerprint density at radius 1 is 1.17 bits per heavy atom. The lowest BCUT2D eigenvalue weighted by Gasteiger charge is -2.30. The van der Waals surface area contributed by atoms with Gasteiger partial charge in [-0.05, 0) is 20.8 Å². The van der Waals surface area contributed by atoms with Crippen molar-refractivity contribution in [1.82, 2.24) is 24.8 Å². The number of rotatable bonds is 3. The van der Waals surface area contributed by atoms with Gasteiger partial charge in [-0.2, -0.15) is 0 Å². The van der Waals surface area contributed by atoms with Crippen molar-refractivity contribution < 1.29 is 9.32 Å². The molecule has 0 fully saturated rings. The topological polar surface area (TPSA) is 77.0 Å². The smallest absolute Gasteiger partial charge is 0.230 e. The standard InChI is InChI=1S/C16H23N5O2/c1-9(2)15-18-17-13-8-20(6-7-21(13)15)16(22)10(3)14-11(4)19-23-12(14)5/h9-10H,6-8H2,1-5H3. The number of aryl methyl sites for hydroxylation is 2. The predicted octanol–water partition coefficient (Wildman–Crippen LogP) is 2.15. The second-order valence-electron chi connectivity index (χ2n) is 6.50. The predicted molar refractivity (Wildman–Crippen MR) is 83.9 cm³/mol. The Kier molecular flexibility index (Phi) is 3.95. The minimum absolute atomic E-state index is 0.0831. The van der Waals surface area contributed by atoms with Crippen LogP contribution in [-0.4, -0.2) is 37.3 Å². The lowest BCUT2D eigenvalue weighted by Crippen LogP contribution is -2.41. The molecule has 7 heteroatoms. The fourth-order valence-corrected chi connectivity index (χ4v) is 3.30. The summed E-state index contributed by atoms with van der Waals surface area (Å²) in [6.07, 6.45) is 0.